The fraction of sp³-hybridized carbons (Fsp3) is 0.381. The van der Waals surface area contributed by atoms with E-state index >= 15 is 0 Å². The van der Waals surface area contributed by atoms with Crippen LogP contribution in [0.3, 0.4) is 0 Å². The number of hydrogen-bond donors (Lipinski definition) is 2. The highest BCUT2D eigenvalue weighted by molar-refractivity contribution is 5.83. The third-order valence-electron chi connectivity index (χ3n) is 5.30. The first-order valence-corrected chi connectivity index (χ1v) is 8.89. The number of alkyl halides is 3. The van der Waals surface area contributed by atoms with E-state index in [0.717, 1.165) is 5.39 Å². The number of H-pyrrole nitrogens is 1. The van der Waals surface area contributed by atoms with Gasteiger partial charge >= 0.3 is 6.18 Å². The zero-order valence-corrected chi connectivity index (χ0v) is 15.9. The van der Waals surface area contributed by atoms with Crippen LogP contribution in [0, 0.1) is 12.7 Å². The minimum atomic E-state index is -4.86. The first-order chi connectivity index (χ1) is 12.9. The standard InChI is InChI=1S/C21H22F4N2O/c1-13-16-7-8-26-11-18(16)27-17(13)10-20(28,21(23,24)25)12-19(2,3)14-5-4-6-15(22)9-14/h4-9,11,27-28H,10,12H2,1-3H3. The van der Waals surface area contributed by atoms with Crippen LogP contribution in [-0.4, -0.2) is 26.9 Å². The minimum absolute atomic E-state index is 0.304. The fourth-order valence-corrected chi connectivity index (χ4v) is 3.71. The SMILES string of the molecule is Cc1c(CC(O)(CC(C)(C)c2cccc(F)c2)C(F)(F)F)[nH]c2cnccc12. The Morgan fingerprint density at radius 2 is 1.86 bits per heavy atom. The average molecular weight is 394 g/mol. The van der Waals surface area contributed by atoms with E-state index in [2.05, 4.69) is 9.97 Å². The molecule has 150 valence electrons. The molecule has 2 heterocycles. The molecule has 28 heavy (non-hydrogen) atoms. The van der Waals surface area contributed by atoms with Crippen molar-refractivity contribution >= 4 is 10.9 Å². The zero-order chi connectivity index (χ0) is 20.7. The van der Waals surface area contributed by atoms with Gasteiger partial charge in [0.2, 0.25) is 0 Å². The molecule has 0 amide bonds. The molecule has 1 unspecified atom stereocenters. The third-order valence-corrected chi connectivity index (χ3v) is 5.30. The van der Waals surface area contributed by atoms with Gasteiger partial charge in [-0.25, -0.2) is 4.39 Å². The maximum Gasteiger partial charge on any atom is 0.417 e. The predicted octanol–water partition coefficient (Wildman–Crippen LogP) is 5.21. The summed E-state index contributed by atoms with van der Waals surface area (Å²) in [5.74, 6) is -0.528. The number of pyridine rings is 1. The number of halogens is 4. The van der Waals surface area contributed by atoms with E-state index in [1.807, 2.05) is 0 Å². The first-order valence-electron chi connectivity index (χ1n) is 8.89. The Morgan fingerprint density at radius 1 is 1.14 bits per heavy atom. The van der Waals surface area contributed by atoms with Crippen molar-refractivity contribution in [3.8, 4) is 0 Å². The van der Waals surface area contributed by atoms with E-state index in [1.54, 1.807) is 39.1 Å². The number of aromatic nitrogens is 2. The molecule has 2 aromatic heterocycles. The van der Waals surface area contributed by atoms with Gasteiger partial charge in [0.15, 0.2) is 5.60 Å². The van der Waals surface area contributed by atoms with Gasteiger partial charge in [0.05, 0.1) is 11.7 Å². The van der Waals surface area contributed by atoms with Crippen LogP contribution in [0.25, 0.3) is 10.9 Å². The Bertz CT molecular complexity index is 993. The van der Waals surface area contributed by atoms with Crippen molar-refractivity contribution < 1.29 is 22.7 Å². The van der Waals surface area contributed by atoms with E-state index in [4.69, 9.17) is 0 Å². The van der Waals surface area contributed by atoms with Gasteiger partial charge in [0, 0.05) is 23.7 Å². The summed E-state index contributed by atoms with van der Waals surface area (Å²) in [6, 6.07) is 7.18. The van der Waals surface area contributed by atoms with Crippen LogP contribution in [0.4, 0.5) is 17.6 Å². The minimum Gasteiger partial charge on any atom is -0.380 e. The maximum absolute atomic E-state index is 14.0. The molecule has 2 N–H and O–H groups in total. The zero-order valence-electron chi connectivity index (χ0n) is 15.9. The molecule has 0 fully saturated rings. The molecule has 3 aromatic rings. The van der Waals surface area contributed by atoms with Crippen molar-refractivity contribution in [2.75, 3.05) is 0 Å². The number of fused-ring (bicyclic) bond motifs is 1. The fourth-order valence-electron chi connectivity index (χ4n) is 3.71. The van der Waals surface area contributed by atoms with Crippen molar-refractivity contribution in [3.05, 3.63) is 65.4 Å². The summed E-state index contributed by atoms with van der Waals surface area (Å²) >= 11 is 0. The second-order valence-electron chi connectivity index (χ2n) is 7.93. The molecule has 0 saturated heterocycles. The number of nitrogens with one attached hydrogen (secondary N) is 1. The lowest BCUT2D eigenvalue weighted by Crippen LogP contribution is -2.51. The Balaban J connectivity index is 1.99. The molecule has 1 atom stereocenters. The van der Waals surface area contributed by atoms with Gasteiger partial charge in [0.25, 0.3) is 0 Å². The number of hydrogen-bond acceptors (Lipinski definition) is 2. The molecule has 0 bridgehead atoms. The molecular formula is C21H22F4N2O. The van der Waals surface area contributed by atoms with E-state index in [-0.39, 0.29) is 0 Å². The summed E-state index contributed by atoms with van der Waals surface area (Å²) < 4.78 is 55.4. The van der Waals surface area contributed by atoms with Gasteiger partial charge in [-0.2, -0.15) is 13.2 Å². The van der Waals surface area contributed by atoms with Gasteiger partial charge in [-0.15, -0.1) is 0 Å². The van der Waals surface area contributed by atoms with Crippen LogP contribution in [0.15, 0.2) is 42.7 Å². The molecule has 0 aliphatic carbocycles. The predicted molar refractivity (Wildman–Crippen MR) is 99.6 cm³/mol. The summed E-state index contributed by atoms with van der Waals surface area (Å²) in [6.07, 6.45) is -3.00. The smallest absolute Gasteiger partial charge is 0.380 e. The van der Waals surface area contributed by atoms with E-state index in [1.165, 1.54) is 24.4 Å². The van der Waals surface area contributed by atoms with Crippen LogP contribution < -0.4 is 0 Å². The molecule has 3 rings (SSSR count). The quantitative estimate of drug-likeness (QED) is 0.584. The normalized spacial score (nSPS) is 15.0. The number of aryl methyl sites for hydroxylation is 1. The number of nitrogens with zero attached hydrogens (tertiary/aromatic N) is 1. The monoisotopic (exact) mass is 394 g/mol. The van der Waals surface area contributed by atoms with Crippen LogP contribution in [0.2, 0.25) is 0 Å². The molecule has 3 nitrogen and oxygen atoms in total. The largest absolute Gasteiger partial charge is 0.417 e. The summed E-state index contributed by atoms with van der Waals surface area (Å²) in [6.45, 7) is 4.85. The Kier molecular flexibility index (Phi) is 5.00. The van der Waals surface area contributed by atoms with Crippen LogP contribution >= 0.6 is 0 Å². The lowest BCUT2D eigenvalue weighted by atomic mass is 9.73. The molecule has 0 spiro atoms. The van der Waals surface area contributed by atoms with E-state index in [0.29, 0.717) is 22.3 Å². The number of benzene rings is 1. The summed E-state index contributed by atoms with van der Waals surface area (Å²) in [4.78, 5) is 6.91. The summed E-state index contributed by atoms with van der Waals surface area (Å²) in [5.41, 5.74) is -2.13. The van der Waals surface area contributed by atoms with Crippen molar-refractivity contribution in [3.63, 3.8) is 0 Å². The summed E-state index contributed by atoms with van der Waals surface area (Å²) in [7, 11) is 0. The van der Waals surface area contributed by atoms with Gasteiger partial charge in [0.1, 0.15) is 5.82 Å². The molecule has 1 aromatic carbocycles. The highest BCUT2D eigenvalue weighted by atomic mass is 19.4. The van der Waals surface area contributed by atoms with Crippen molar-refractivity contribution in [2.24, 2.45) is 0 Å². The van der Waals surface area contributed by atoms with Gasteiger partial charge in [-0.1, -0.05) is 26.0 Å². The average Bonchev–Trinajstić information content (AvgIpc) is 2.89. The van der Waals surface area contributed by atoms with Gasteiger partial charge in [-0.3, -0.25) is 4.98 Å². The highest BCUT2D eigenvalue weighted by Gasteiger charge is 2.56. The lowest BCUT2D eigenvalue weighted by Gasteiger charge is -2.38. The number of aromatic amines is 1. The molecule has 0 aliphatic rings. The lowest BCUT2D eigenvalue weighted by molar-refractivity contribution is -0.266. The third kappa shape index (κ3) is 3.76. The number of rotatable bonds is 5. The molecule has 0 aliphatic heterocycles. The Labute approximate surface area is 160 Å². The van der Waals surface area contributed by atoms with Crippen molar-refractivity contribution in [2.45, 2.75) is 50.8 Å². The van der Waals surface area contributed by atoms with Gasteiger partial charge in [-0.05, 0) is 48.1 Å². The molecule has 7 heteroatoms. The van der Waals surface area contributed by atoms with Crippen LogP contribution in [0.1, 0.15) is 37.1 Å². The maximum atomic E-state index is 14.0. The Morgan fingerprint density at radius 3 is 2.46 bits per heavy atom. The second kappa shape index (κ2) is 6.88. The van der Waals surface area contributed by atoms with Crippen molar-refractivity contribution in [1.82, 2.24) is 9.97 Å². The topological polar surface area (TPSA) is 48.9 Å². The first kappa shape index (κ1) is 20.3. The van der Waals surface area contributed by atoms with Gasteiger partial charge < -0.3 is 10.1 Å². The highest BCUT2D eigenvalue weighted by Crippen LogP contribution is 2.43. The second-order valence-corrected chi connectivity index (χ2v) is 7.93. The van der Waals surface area contributed by atoms with E-state index < -0.39 is 35.9 Å². The molecule has 0 radical (unpaired) electrons. The van der Waals surface area contributed by atoms with E-state index in [9.17, 15) is 22.7 Å². The van der Waals surface area contributed by atoms with Crippen LogP contribution in [0.5, 0.6) is 0 Å². The summed E-state index contributed by atoms with van der Waals surface area (Å²) in [5, 5.41) is 11.5. The van der Waals surface area contributed by atoms with Crippen molar-refractivity contribution in [1.29, 1.82) is 0 Å². The molecular weight excluding hydrogens is 372 g/mol. The Hall–Kier alpha value is -2.41. The molecule has 0 saturated carbocycles. The van der Waals surface area contributed by atoms with Crippen LogP contribution in [-0.2, 0) is 11.8 Å². The number of aliphatic hydroxyl groups is 1.